The van der Waals surface area contributed by atoms with E-state index in [2.05, 4.69) is 10.2 Å². The molecule has 2 atom stereocenters. The molecule has 2 aliphatic rings. The predicted octanol–water partition coefficient (Wildman–Crippen LogP) is -1.68. The molecule has 2 aromatic heterocycles. The number of hydrogen-bond donors (Lipinski definition) is 0. The van der Waals surface area contributed by atoms with Gasteiger partial charge in [0.1, 0.15) is 30.5 Å². The molecule has 0 aromatic carbocycles. The van der Waals surface area contributed by atoms with Crippen LogP contribution in [0.25, 0.3) is 0 Å². The van der Waals surface area contributed by atoms with Crippen LogP contribution in [-0.2, 0) is 29.2 Å². The molecule has 23 heavy (non-hydrogen) atoms. The zero-order valence-electron chi connectivity index (χ0n) is 13.0. The zero-order valence-corrected chi connectivity index (χ0v) is 13.0. The Hall–Kier alpha value is -2.20. The van der Waals surface area contributed by atoms with Gasteiger partial charge in [0, 0.05) is 0 Å². The van der Waals surface area contributed by atoms with Gasteiger partial charge in [0.2, 0.25) is 0 Å². The molecule has 0 spiro atoms. The third-order valence-electron chi connectivity index (χ3n) is 4.06. The number of hydrogen-bond acceptors (Lipinski definition) is 6. The number of rotatable bonds is 6. The fraction of sp³-hybridized carbons (Fsp3) is 0.692. The molecule has 0 unspecified atom stereocenters. The lowest BCUT2D eigenvalue weighted by Gasteiger charge is -2.04. The summed E-state index contributed by atoms with van der Waals surface area (Å²) in [6.07, 6.45) is 0.141. The second kappa shape index (κ2) is 5.17. The summed E-state index contributed by atoms with van der Waals surface area (Å²) in [7, 11) is 0. The molecule has 2 saturated heterocycles. The van der Waals surface area contributed by atoms with Crippen molar-refractivity contribution in [3.05, 3.63) is 32.6 Å². The number of aromatic nitrogens is 6. The van der Waals surface area contributed by atoms with Gasteiger partial charge >= 0.3 is 11.4 Å². The lowest BCUT2D eigenvalue weighted by molar-refractivity contribution is 0.367. The van der Waals surface area contributed by atoms with E-state index in [4.69, 9.17) is 9.47 Å². The van der Waals surface area contributed by atoms with Crippen molar-refractivity contribution in [1.82, 2.24) is 28.7 Å². The van der Waals surface area contributed by atoms with Crippen LogP contribution >= 0.6 is 0 Å². The molecule has 4 rings (SSSR count). The molecule has 10 heteroatoms. The van der Waals surface area contributed by atoms with E-state index in [-0.39, 0.29) is 30.3 Å². The minimum atomic E-state index is -0.248. The number of ether oxygens (including phenoxy) is 2. The van der Waals surface area contributed by atoms with Gasteiger partial charge in [0.05, 0.1) is 26.3 Å². The Kier molecular flexibility index (Phi) is 3.23. The number of aryl methyl sites for hydroxylation is 2. The Bertz CT molecular complexity index is 781. The van der Waals surface area contributed by atoms with Crippen LogP contribution in [-0.4, -0.2) is 54.1 Å². The first-order chi connectivity index (χ1) is 11.0. The first-order valence-corrected chi connectivity index (χ1v) is 7.54. The maximum Gasteiger partial charge on any atom is 0.347 e. The molecule has 0 radical (unpaired) electrons. The maximum absolute atomic E-state index is 12.4. The molecule has 0 aliphatic carbocycles. The molecule has 10 nitrogen and oxygen atoms in total. The van der Waals surface area contributed by atoms with Crippen LogP contribution in [0.5, 0.6) is 0 Å². The van der Waals surface area contributed by atoms with E-state index >= 15 is 0 Å². The molecular formula is C13H18N6O4. The highest BCUT2D eigenvalue weighted by Gasteiger charge is 2.27. The zero-order chi connectivity index (χ0) is 16.1. The first kappa shape index (κ1) is 14.4. The van der Waals surface area contributed by atoms with Gasteiger partial charge in [-0.25, -0.2) is 19.0 Å². The van der Waals surface area contributed by atoms with E-state index in [1.807, 2.05) is 0 Å². The van der Waals surface area contributed by atoms with Crippen LogP contribution in [0.1, 0.15) is 11.6 Å². The van der Waals surface area contributed by atoms with Crippen molar-refractivity contribution in [2.75, 3.05) is 13.2 Å². The highest BCUT2D eigenvalue weighted by Crippen LogP contribution is 2.11. The highest BCUT2D eigenvalue weighted by atomic mass is 16.6. The van der Waals surface area contributed by atoms with Gasteiger partial charge in [-0.2, -0.15) is 10.2 Å². The quantitative estimate of drug-likeness (QED) is 0.589. The Labute approximate surface area is 130 Å². The molecule has 2 aromatic rings. The summed E-state index contributed by atoms with van der Waals surface area (Å²) in [6.45, 7) is 5.80. The highest BCUT2D eigenvalue weighted by molar-refractivity contribution is 4.90. The maximum atomic E-state index is 12.4. The molecule has 0 N–H and O–H groups in total. The van der Waals surface area contributed by atoms with Crippen molar-refractivity contribution in [2.24, 2.45) is 0 Å². The summed E-state index contributed by atoms with van der Waals surface area (Å²) in [5, 5.41) is 8.47. The topological polar surface area (TPSA) is 105 Å². The van der Waals surface area contributed by atoms with Gasteiger partial charge in [0.25, 0.3) is 0 Å². The summed E-state index contributed by atoms with van der Waals surface area (Å²) < 4.78 is 16.0. The van der Waals surface area contributed by atoms with Gasteiger partial charge in [-0.3, -0.25) is 9.13 Å². The van der Waals surface area contributed by atoms with Crippen LogP contribution < -0.4 is 11.4 Å². The Morgan fingerprint density at radius 2 is 1.30 bits per heavy atom. The van der Waals surface area contributed by atoms with Gasteiger partial charge in [-0.15, -0.1) is 0 Å². The van der Waals surface area contributed by atoms with Crippen LogP contribution in [0.4, 0.5) is 0 Å². The molecule has 2 aliphatic heterocycles. The van der Waals surface area contributed by atoms with E-state index in [1.54, 1.807) is 13.8 Å². The fourth-order valence-electron chi connectivity index (χ4n) is 2.54. The van der Waals surface area contributed by atoms with Gasteiger partial charge in [-0.1, -0.05) is 0 Å². The van der Waals surface area contributed by atoms with Crippen molar-refractivity contribution in [2.45, 2.75) is 45.8 Å². The summed E-state index contributed by atoms with van der Waals surface area (Å²) in [6, 6.07) is 0. The Balaban J connectivity index is 1.62. The average molecular weight is 322 g/mol. The fourth-order valence-corrected chi connectivity index (χ4v) is 2.54. The average Bonchev–Trinajstić information content (AvgIpc) is 3.39. The summed E-state index contributed by atoms with van der Waals surface area (Å²) in [4.78, 5) is 24.8. The summed E-state index contributed by atoms with van der Waals surface area (Å²) in [5.41, 5.74) is -0.495. The first-order valence-electron chi connectivity index (χ1n) is 7.54. The third-order valence-corrected chi connectivity index (χ3v) is 4.06. The van der Waals surface area contributed by atoms with Crippen LogP contribution in [0.3, 0.4) is 0 Å². The largest absolute Gasteiger partial charge is 0.371 e. The van der Waals surface area contributed by atoms with E-state index in [1.165, 1.54) is 18.5 Å². The van der Waals surface area contributed by atoms with Gasteiger partial charge in [0.15, 0.2) is 0 Å². The predicted molar refractivity (Wildman–Crippen MR) is 77.3 cm³/mol. The summed E-state index contributed by atoms with van der Waals surface area (Å²) >= 11 is 0. The molecule has 124 valence electrons. The van der Waals surface area contributed by atoms with E-state index in [0.29, 0.717) is 38.0 Å². The molecule has 0 amide bonds. The van der Waals surface area contributed by atoms with Crippen LogP contribution in [0.2, 0.25) is 0 Å². The Morgan fingerprint density at radius 3 is 1.65 bits per heavy atom. The third kappa shape index (κ3) is 2.75. The lowest BCUT2D eigenvalue weighted by Crippen LogP contribution is -2.34. The second-order valence-electron chi connectivity index (χ2n) is 5.93. The van der Waals surface area contributed by atoms with Crippen molar-refractivity contribution < 1.29 is 9.47 Å². The molecule has 0 bridgehead atoms. The van der Waals surface area contributed by atoms with Gasteiger partial charge in [-0.05, 0) is 13.8 Å². The van der Waals surface area contributed by atoms with Gasteiger partial charge < -0.3 is 9.47 Å². The minimum absolute atomic E-state index is 0.0706. The SMILES string of the molecule is Cc1nn(C[C@H]2CO2)c(=O)n1Cn1c(C)nn(C[C@@H]2CO2)c1=O. The molecule has 0 saturated carbocycles. The monoisotopic (exact) mass is 322 g/mol. The van der Waals surface area contributed by atoms with Crippen molar-refractivity contribution >= 4 is 0 Å². The van der Waals surface area contributed by atoms with Crippen LogP contribution in [0, 0.1) is 13.8 Å². The number of epoxide rings is 2. The van der Waals surface area contributed by atoms with E-state index in [0.717, 1.165) is 0 Å². The van der Waals surface area contributed by atoms with E-state index in [9.17, 15) is 9.59 Å². The van der Waals surface area contributed by atoms with Crippen molar-refractivity contribution in [3.8, 4) is 0 Å². The van der Waals surface area contributed by atoms with Crippen LogP contribution in [0.15, 0.2) is 9.59 Å². The lowest BCUT2D eigenvalue weighted by atomic mass is 10.5. The van der Waals surface area contributed by atoms with E-state index < -0.39 is 0 Å². The molecule has 4 heterocycles. The number of nitrogens with zero attached hydrogens (tertiary/aromatic N) is 6. The smallest absolute Gasteiger partial charge is 0.347 e. The normalized spacial score (nSPS) is 22.5. The van der Waals surface area contributed by atoms with Crippen molar-refractivity contribution in [1.29, 1.82) is 0 Å². The second-order valence-corrected chi connectivity index (χ2v) is 5.93. The Morgan fingerprint density at radius 1 is 0.913 bits per heavy atom. The van der Waals surface area contributed by atoms with Crippen molar-refractivity contribution in [3.63, 3.8) is 0 Å². The standard InChI is InChI=1S/C13H18N6O4/c1-8-14-18(3-10-5-22-10)12(20)16(8)7-17-9(2)15-19(13(17)21)4-11-6-23-11/h10-11H,3-7H2,1-2H3/t10-,11+. The summed E-state index contributed by atoms with van der Waals surface area (Å²) in [5.74, 6) is 1.11. The minimum Gasteiger partial charge on any atom is -0.371 e. The molecular weight excluding hydrogens is 304 g/mol. The molecule has 2 fully saturated rings.